The van der Waals surface area contributed by atoms with Gasteiger partial charge in [-0.25, -0.2) is 13.1 Å². The zero-order chi connectivity index (χ0) is 17.2. The number of nitriles is 1. The molecular weight excluding hydrogens is 322 g/mol. The van der Waals surface area contributed by atoms with Gasteiger partial charge in [-0.15, -0.1) is 0 Å². The first-order valence-corrected chi connectivity index (χ1v) is 9.05. The Balaban J connectivity index is 1.76. The number of benzene rings is 2. The molecule has 24 heavy (non-hydrogen) atoms. The minimum Gasteiger partial charge on any atom is -0.361 e. The second-order valence-electron chi connectivity index (χ2n) is 5.62. The molecule has 1 aromatic heterocycles. The quantitative estimate of drug-likeness (QED) is 0.749. The van der Waals surface area contributed by atoms with Gasteiger partial charge in [-0.3, -0.25) is 0 Å². The number of aromatic nitrogens is 1. The fourth-order valence-electron chi connectivity index (χ4n) is 2.69. The predicted molar refractivity (Wildman–Crippen MR) is 93.1 cm³/mol. The van der Waals surface area contributed by atoms with Crippen LogP contribution < -0.4 is 4.72 Å². The number of rotatable bonds is 5. The Labute approximate surface area is 141 Å². The Bertz CT molecular complexity index is 1030. The van der Waals surface area contributed by atoms with Crippen LogP contribution in [0.1, 0.15) is 16.7 Å². The van der Waals surface area contributed by atoms with Crippen molar-refractivity contribution >= 4 is 20.9 Å². The second kappa shape index (κ2) is 6.48. The first kappa shape index (κ1) is 16.2. The standard InChI is InChI=1S/C18H17N3O2S/c1-13-6-7-17-16(10-13)15(12-20-17)8-9-21-24(22,23)18-5-3-2-4-14(18)11-19/h2-7,10,12,20-21H,8-9H2,1H3. The van der Waals surface area contributed by atoms with Crippen molar-refractivity contribution in [2.75, 3.05) is 6.54 Å². The lowest BCUT2D eigenvalue weighted by molar-refractivity contribution is 0.581. The Kier molecular flexibility index (Phi) is 4.38. The van der Waals surface area contributed by atoms with Gasteiger partial charge in [-0.2, -0.15) is 5.26 Å². The number of H-pyrrole nitrogens is 1. The van der Waals surface area contributed by atoms with E-state index in [1.54, 1.807) is 12.1 Å². The van der Waals surface area contributed by atoms with Crippen molar-refractivity contribution < 1.29 is 8.42 Å². The maximum atomic E-state index is 12.4. The first-order valence-electron chi connectivity index (χ1n) is 7.57. The topological polar surface area (TPSA) is 85.8 Å². The molecule has 0 unspecified atom stereocenters. The van der Waals surface area contributed by atoms with E-state index in [-0.39, 0.29) is 17.0 Å². The van der Waals surface area contributed by atoms with Crippen molar-refractivity contribution in [3.05, 3.63) is 65.4 Å². The van der Waals surface area contributed by atoms with Crippen LogP contribution in [-0.4, -0.2) is 19.9 Å². The third kappa shape index (κ3) is 3.18. The van der Waals surface area contributed by atoms with E-state index in [0.29, 0.717) is 6.42 Å². The highest BCUT2D eigenvalue weighted by molar-refractivity contribution is 7.89. The van der Waals surface area contributed by atoms with E-state index in [2.05, 4.69) is 15.8 Å². The summed E-state index contributed by atoms with van der Waals surface area (Å²) in [4.78, 5) is 3.21. The molecule has 122 valence electrons. The molecule has 0 saturated heterocycles. The lowest BCUT2D eigenvalue weighted by atomic mass is 10.1. The minimum absolute atomic E-state index is 0.0160. The number of aryl methyl sites for hydroxylation is 1. The van der Waals surface area contributed by atoms with E-state index in [9.17, 15) is 8.42 Å². The molecule has 6 heteroatoms. The van der Waals surface area contributed by atoms with Gasteiger partial charge in [0.2, 0.25) is 10.0 Å². The normalized spacial score (nSPS) is 11.5. The van der Waals surface area contributed by atoms with Crippen LogP contribution in [-0.2, 0) is 16.4 Å². The lowest BCUT2D eigenvalue weighted by Crippen LogP contribution is -2.26. The van der Waals surface area contributed by atoms with Crippen LogP contribution >= 0.6 is 0 Å². The van der Waals surface area contributed by atoms with Gasteiger partial charge in [0.05, 0.1) is 10.5 Å². The number of nitrogens with one attached hydrogen (secondary N) is 2. The van der Waals surface area contributed by atoms with Crippen LogP contribution in [0.15, 0.2) is 53.6 Å². The number of sulfonamides is 1. The smallest absolute Gasteiger partial charge is 0.241 e. The van der Waals surface area contributed by atoms with Crippen LogP contribution in [0.5, 0.6) is 0 Å². The number of aromatic amines is 1. The lowest BCUT2D eigenvalue weighted by Gasteiger charge is -2.08. The van der Waals surface area contributed by atoms with E-state index in [4.69, 9.17) is 5.26 Å². The molecule has 3 rings (SSSR count). The van der Waals surface area contributed by atoms with Gasteiger partial charge in [0, 0.05) is 23.6 Å². The van der Waals surface area contributed by atoms with E-state index < -0.39 is 10.0 Å². The van der Waals surface area contributed by atoms with Crippen LogP contribution in [0.25, 0.3) is 10.9 Å². The Hall–Kier alpha value is -2.62. The third-order valence-electron chi connectivity index (χ3n) is 3.91. The summed E-state index contributed by atoms with van der Waals surface area (Å²) in [5.74, 6) is 0. The average Bonchev–Trinajstić information content (AvgIpc) is 2.97. The van der Waals surface area contributed by atoms with Crippen molar-refractivity contribution in [3.8, 4) is 6.07 Å². The molecule has 0 saturated carbocycles. The van der Waals surface area contributed by atoms with Gasteiger partial charge in [-0.1, -0.05) is 23.8 Å². The molecule has 0 fully saturated rings. The SMILES string of the molecule is Cc1ccc2[nH]cc(CCNS(=O)(=O)c3ccccc3C#N)c2c1. The molecule has 5 nitrogen and oxygen atoms in total. The van der Waals surface area contributed by atoms with Gasteiger partial charge in [0.15, 0.2) is 0 Å². The summed E-state index contributed by atoms with van der Waals surface area (Å²) < 4.78 is 27.4. The molecule has 1 heterocycles. The molecule has 0 radical (unpaired) electrons. The summed E-state index contributed by atoms with van der Waals surface area (Å²) in [7, 11) is -3.70. The molecule has 0 aliphatic rings. The Morgan fingerprint density at radius 2 is 2.00 bits per heavy atom. The minimum atomic E-state index is -3.70. The molecule has 2 N–H and O–H groups in total. The van der Waals surface area contributed by atoms with Crippen molar-refractivity contribution in [1.82, 2.24) is 9.71 Å². The molecular formula is C18H17N3O2S. The summed E-state index contributed by atoms with van der Waals surface area (Å²) in [6, 6.07) is 14.2. The highest BCUT2D eigenvalue weighted by Gasteiger charge is 2.17. The van der Waals surface area contributed by atoms with Crippen LogP contribution in [0.3, 0.4) is 0 Å². The highest BCUT2D eigenvalue weighted by atomic mass is 32.2. The maximum absolute atomic E-state index is 12.4. The maximum Gasteiger partial charge on any atom is 0.241 e. The molecule has 0 aliphatic heterocycles. The Morgan fingerprint density at radius 3 is 2.79 bits per heavy atom. The number of hydrogen-bond donors (Lipinski definition) is 2. The monoisotopic (exact) mass is 339 g/mol. The van der Waals surface area contributed by atoms with Crippen molar-refractivity contribution in [3.63, 3.8) is 0 Å². The number of nitrogens with zero attached hydrogens (tertiary/aromatic N) is 1. The zero-order valence-corrected chi connectivity index (χ0v) is 14.0. The fraction of sp³-hybridized carbons (Fsp3) is 0.167. The molecule has 0 atom stereocenters. The average molecular weight is 339 g/mol. The van der Waals surface area contributed by atoms with Gasteiger partial charge >= 0.3 is 0 Å². The molecule has 0 aliphatic carbocycles. The third-order valence-corrected chi connectivity index (χ3v) is 5.43. The number of hydrogen-bond acceptors (Lipinski definition) is 3. The van der Waals surface area contributed by atoms with E-state index in [0.717, 1.165) is 22.0 Å². The highest BCUT2D eigenvalue weighted by Crippen LogP contribution is 2.20. The van der Waals surface area contributed by atoms with Gasteiger partial charge in [0.25, 0.3) is 0 Å². The summed E-state index contributed by atoms with van der Waals surface area (Å²) in [5, 5.41) is 10.2. The van der Waals surface area contributed by atoms with Crippen LogP contribution in [0, 0.1) is 18.3 Å². The fourth-order valence-corrected chi connectivity index (χ4v) is 3.88. The van der Waals surface area contributed by atoms with Crippen LogP contribution in [0.4, 0.5) is 0 Å². The molecule has 0 amide bonds. The summed E-state index contributed by atoms with van der Waals surface area (Å²) in [5.41, 5.74) is 3.40. The van der Waals surface area contributed by atoms with Crippen molar-refractivity contribution in [2.45, 2.75) is 18.2 Å². The van der Waals surface area contributed by atoms with E-state index >= 15 is 0 Å². The van der Waals surface area contributed by atoms with E-state index in [1.807, 2.05) is 31.3 Å². The predicted octanol–water partition coefficient (Wildman–Crippen LogP) is 2.87. The van der Waals surface area contributed by atoms with Gasteiger partial charge in [-0.05, 0) is 43.2 Å². The van der Waals surface area contributed by atoms with Gasteiger partial charge < -0.3 is 4.98 Å². The molecule has 3 aromatic rings. The zero-order valence-electron chi connectivity index (χ0n) is 13.2. The molecule has 2 aromatic carbocycles. The van der Waals surface area contributed by atoms with Crippen molar-refractivity contribution in [2.24, 2.45) is 0 Å². The largest absolute Gasteiger partial charge is 0.361 e. The molecule has 0 spiro atoms. The summed E-state index contributed by atoms with van der Waals surface area (Å²) in [6.45, 7) is 2.29. The van der Waals surface area contributed by atoms with Crippen molar-refractivity contribution in [1.29, 1.82) is 5.26 Å². The number of fused-ring (bicyclic) bond motifs is 1. The van der Waals surface area contributed by atoms with Crippen LogP contribution in [0.2, 0.25) is 0 Å². The molecule has 0 bridgehead atoms. The summed E-state index contributed by atoms with van der Waals surface area (Å²) in [6.07, 6.45) is 2.47. The van der Waals surface area contributed by atoms with E-state index in [1.165, 1.54) is 12.1 Å². The van der Waals surface area contributed by atoms with Gasteiger partial charge in [0.1, 0.15) is 6.07 Å². The summed E-state index contributed by atoms with van der Waals surface area (Å²) >= 11 is 0. The first-order chi connectivity index (χ1) is 11.5. The second-order valence-corrected chi connectivity index (χ2v) is 7.35. The Morgan fingerprint density at radius 1 is 1.21 bits per heavy atom.